The minimum absolute atomic E-state index is 0.751. The van der Waals surface area contributed by atoms with E-state index in [0.29, 0.717) is 0 Å². The summed E-state index contributed by atoms with van der Waals surface area (Å²) >= 11 is 5.68. The fourth-order valence-corrected chi connectivity index (χ4v) is 2.23. The molecular weight excluding hydrogens is 248 g/mol. The van der Waals surface area contributed by atoms with Crippen LogP contribution in [0.2, 0.25) is 0 Å². The molecular formula is C13H19ClN4. The van der Waals surface area contributed by atoms with Crippen molar-refractivity contribution in [1.82, 2.24) is 14.6 Å². The van der Waals surface area contributed by atoms with E-state index < -0.39 is 0 Å². The Balaban J connectivity index is 2.11. The zero-order valence-corrected chi connectivity index (χ0v) is 11.7. The van der Waals surface area contributed by atoms with Crippen molar-refractivity contribution in [2.24, 2.45) is 0 Å². The summed E-state index contributed by atoms with van der Waals surface area (Å²) in [6, 6.07) is 4.18. The van der Waals surface area contributed by atoms with Gasteiger partial charge in [-0.1, -0.05) is 6.42 Å². The molecule has 4 nitrogen and oxygen atoms in total. The third-order valence-corrected chi connectivity index (χ3v) is 3.29. The molecule has 0 amide bonds. The molecule has 0 N–H and O–H groups in total. The molecule has 0 unspecified atom stereocenters. The van der Waals surface area contributed by atoms with E-state index >= 15 is 0 Å². The molecule has 0 aliphatic rings. The number of rotatable bonds is 6. The number of aromatic nitrogens is 3. The molecule has 0 radical (unpaired) electrons. The smallest absolute Gasteiger partial charge is 0.157 e. The predicted molar refractivity (Wildman–Crippen MR) is 75.6 cm³/mol. The second-order valence-electron chi connectivity index (χ2n) is 4.59. The maximum Gasteiger partial charge on any atom is 0.157 e. The van der Waals surface area contributed by atoms with Crippen molar-refractivity contribution in [2.45, 2.75) is 26.2 Å². The minimum Gasteiger partial charge on any atom is -0.360 e. The lowest BCUT2D eigenvalue weighted by molar-refractivity contribution is 0.697. The quantitative estimate of drug-likeness (QED) is 0.595. The molecule has 0 aliphatic carbocycles. The highest BCUT2D eigenvalue weighted by atomic mass is 35.5. The van der Waals surface area contributed by atoms with Gasteiger partial charge in [-0.25, -0.2) is 4.98 Å². The summed E-state index contributed by atoms with van der Waals surface area (Å²) in [5, 5.41) is 4.27. The average molecular weight is 267 g/mol. The number of aryl methyl sites for hydroxylation is 1. The highest BCUT2D eigenvalue weighted by molar-refractivity contribution is 6.17. The number of fused-ring (bicyclic) bond motifs is 1. The molecule has 0 fully saturated rings. The van der Waals surface area contributed by atoms with Crippen LogP contribution < -0.4 is 4.90 Å². The molecule has 0 saturated carbocycles. The van der Waals surface area contributed by atoms with E-state index in [1.807, 2.05) is 10.6 Å². The molecule has 2 aromatic heterocycles. The van der Waals surface area contributed by atoms with Crippen LogP contribution in [0.25, 0.3) is 5.65 Å². The van der Waals surface area contributed by atoms with Gasteiger partial charge >= 0.3 is 0 Å². The fourth-order valence-electron chi connectivity index (χ4n) is 2.04. The molecule has 0 spiro atoms. The first-order valence-corrected chi connectivity index (χ1v) is 6.83. The van der Waals surface area contributed by atoms with Crippen molar-refractivity contribution in [3.8, 4) is 0 Å². The average Bonchev–Trinajstić information content (AvgIpc) is 2.81. The summed E-state index contributed by atoms with van der Waals surface area (Å²) in [5.41, 5.74) is 2.11. The maximum absolute atomic E-state index is 5.68. The lowest BCUT2D eigenvalue weighted by atomic mass is 10.2. The largest absolute Gasteiger partial charge is 0.360 e. The van der Waals surface area contributed by atoms with Crippen LogP contribution in [0.15, 0.2) is 18.5 Å². The predicted octanol–water partition coefficient (Wildman–Crippen LogP) is 2.88. The van der Waals surface area contributed by atoms with E-state index in [4.69, 9.17) is 11.6 Å². The Morgan fingerprint density at radius 1 is 1.28 bits per heavy atom. The van der Waals surface area contributed by atoms with Crippen molar-refractivity contribution < 1.29 is 0 Å². The Morgan fingerprint density at radius 2 is 2.11 bits per heavy atom. The Labute approximate surface area is 113 Å². The number of pyridine rings is 1. The first kappa shape index (κ1) is 13.1. The molecule has 98 valence electrons. The molecule has 0 bridgehead atoms. The minimum atomic E-state index is 0.751. The van der Waals surface area contributed by atoms with Crippen molar-refractivity contribution in [1.29, 1.82) is 0 Å². The number of halogens is 1. The van der Waals surface area contributed by atoms with Gasteiger partial charge in [-0.2, -0.15) is 9.61 Å². The third kappa shape index (κ3) is 2.93. The van der Waals surface area contributed by atoms with E-state index in [-0.39, 0.29) is 0 Å². The van der Waals surface area contributed by atoms with E-state index in [1.165, 1.54) is 12.0 Å². The summed E-state index contributed by atoms with van der Waals surface area (Å²) in [7, 11) is 2.09. The van der Waals surface area contributed by atoms with Crippen LogP contribution in [0.1, 0.15) is 24.8 Å². The second-order valence-corrected chi connectivity index (χ2v) is 4.97. The van der Waals surface area contributed by atoms with Crippen molar-refractivity contribution in [2.75, 3.05) is 24.4 Å². The second kappa shape index (κ2) is 6.05. The van der Waals surface area contributed by atoms with Gasteiger partial charge in [0.1, 0.15) is 12.1 Å². The summed E-state index contributed by atoms with van der Waals surface area (Å²) in [5.74, 6) is 1.84. The Kier molecular flexibility index (Phi) is 4.42. The standard InChI is InChI=1S/C13H19ClN4/c1-11-8-12-15-10-16-18(12)13(9-11)17(2)7-5-3-4-6-14/h8-10H,3-7H2,1-2H3. The topological polar surface area (TPSA) is 33.4 Å². The molecule has 0 aliphatic heterocycles. The van der Waals surface area contributed by atoms with Gasteiger partial charge < -0.3 is 4.90 Å². The van der Waals surface area contributed by atoms with Crippen LogP contribution in [0.5, 0.6) is 0 Å². The van der Waals surface area contributed by atoms with E-state index in [9.17, 15) is 0 Å². The van der Waals surface area contributed by atoms with Gasteiger partial charge in [0.25, 0.3) is 0 Å². The number of hydrogen-bond acceptors (Lipinski definition) is 3. The summed E-state index contributed by atoms with van der Waals surface area (Å²) < 4.78 is 1.88. The number of nitrogens with zero attached hydrogens (tertiary/aromatic N) is 4. The van der Waals surface area contributed by atoms with Crippen LogP contribution in [0.4, 0.5) is 5.82 Å². The van der Waals surface area contributed by atoms with Gasteiger partial charge in [-0.15, -0.1) is 11.6 Å². The molecule has 2 rings (SSSR count). The first-order valence-electron chi connectivity index (χ1n) is 6.30. The molecule has 0 aromatic carbocycles. The van der Waals surface area contributed by atoms with Crippen molar-refractivity contribution >= 4 is 23.1 Å². The van der Waals surface area contributed by atoms with Crippen molar-refractivity contribution in [3.05, 3.63) is 24.0 Å². The van der Waals surface area contributed by atoms with Crippen LogP contribution in [-0.2, 0) is 0 Å². The Hall–Kier alpha value is -1.29. The van der Waals surface area contributed by atoms with Gasteiger partial charge in [-0.05, 0) is 37.5 Å². The normalized spacial score (nSPS) is 11.1. The van der Waals surface area contributed by atoms with Crippen LogP contribution >= 0.6 is 11.6 Å². The fraction of sp³-hybridized carbons (Fsp3) is 0.538. The monoisotopic (exact) mass is 266 g/mol. The molecule has 18 heavy (non-hydrogen) atoms. The molecule has 2 aromatic rings. The summed E-state index contributed by atoms with van der Waals surface area (Å²) in [6.45, 7) is 3.09. The third-order valence-electron chi connectivity index (χ3n) is 3.02. The highest BCUT2D eigenvalue weighted by Gasteiger charge is 2.08. The van der Waals surface area contributed by atoms with Crippen molar-refractivity contribution in [3.63, 3.8) is 0 Å². The van der Waals surface area contributed by atoms with Gasteiger partial charge in [0, 0.05) is 19.5 Å². The van der Waals surface area contributed by atoms with E-state index in [2.05, 4.69) is 35.0 Å². The van der Waals surface area contributed by atoms with Gasteiger partial charge in [0.2, 0.25) is 0 Å². The van der Waals surface area contributed by atoms with E-state index in [0.717, 1.165) is 36.7 Å². The lowest BCUT2D eigenvalue weighted by Crippen LogP contribution is -2.21. The Bertz CT molecular complexity index is 509. The molecule has 0 saturated heterocycles. The van der Waals surface area contributed by atoms with Crippen LogP contribution in [0.3, 0.4) is 0 Å². The Morgan fingerprint density at radius 3 is 2.89 bits per heavy atom. The maximum atomic E-state index is 5.68. The number of hydrogen-bond donors (Lipinski definition) is 0. The lowest BCUT2D eigenvalue weighted by Gasteiger charge is -2.20. The van der Waals surface area contributed by atoms with Gasteiger partial charge in [0.05, 0.1) is 0 Å². The summed E-state index contributed by atoms with van der Waals surface area (Å²) in [6.07, 6.45) is 5.00. The zero-order chi connectivity index (χ0) is 13.0. The molecule has 0 atom stereocenters. The highest BCUT2D eigenvalue weighted by Crippen LogP contribution is 2.17. The first-order chi connectivity index (χ1) is 8.72. The SMILES string of the molecule is Cc1cc(N(C)CCCCCCl)n2ncnc2c1. The van der Waals surface area contributed by atoms with Crippen LogP contribution in [-0.4, -0.2) is 34.1 Å². The number of alkyl halides is 1. The zero-order valence-electron chi connectivity index (χ0n) is 10.9. The van der Waals surface area contributed by atoms with Crippen LogP contribution in [0, 0.1) is 6.92 Å². The number of anilines is 1. The molecule has 5 heteroatoms. The summed E-state index contributed by atoms with van der Waals surface area (Å²) in [4.78, 5) is 6.47. The van der Waals surface area contributed by atoms with Gasteiger partial charge in [-0.3, -0.25) is 0 Å². The van der Waals surface area contributed by atoms with Gasteiger partial charge in [0.15, 0.2) is 5.65 Å². The molecule has 2 heterocycles. The number of unbranched alkanes of at least 4 members (excludes halogenated alkanes) is 2. The van der Waals surface area contributed by atoms with E-state index in [1.54, 1.807) is 6.33 Å².